The van der Waals surface area contributed by atoms with Crippen LogP contribution in [-0.4, -0.2) is 18.5 Å². The van der Waals surface area contributed by atoms with Gasteiger partial charge in [-0.15, -0.1) is 0 Å². The lowest BCUT2D eigenvalue weighted by Gasteiger charge is -2.28. The zero-order valence-electron chi connectivity index (χ0n) is 11.7. The first-order chi connectivity index (χ1) is 10.0. The van der Waals surface area contributed by atoms with Gasteiger partial charge in [0.2, 0.25) is 0 Å². The van der Waals surface area contributed by atoms with Crippen molar-refractivity contribution in [3.63, 3.8) is 0 Å². The summed E-state index contributed by atoms with van der Waals surface area (Å²) in [4.78, 5) is 1.98. The Morgan fingerprint density at radius 3 is 2.33 bits per heavy atom. The van der Waals surface area contributed by atoms with Crippen molar-refractivity contribution in [1.29, 1.82) is 0 Å². The first kappa shape index (κ1) is 16.1. The van der Waals surface area contributed by atoms with Crippen LogP contribution in [0.2, 0.25) is 0 Å². The van der Waals surface area contributed by atoms with E-state index in [1.165, 1.54) is 12.1 Å². The predicted molar refractivity (Wildman–Crippen MR) is 83.8 cm³/mol. The first-order valence-corrected chi connectivity index (χ1v) is 7.40. The van der Waals surface area contributed by atoms with E-state index in [0.717, 1.165) is 16.1 Å². The molecule has 0 fully saturated rings. The molecule has 0 aromatic heterocycles. The average Bonchev–Trinajstić information content (AvgIpc) is 2.41. The molecule has 2 nitrogen and oxygen atoms in total. The summed E-state index contributed by atoms with van der Waals surface area (Å²) in [6.45, 7) is 0.908. The molecule has 2 aromatic rings. The van der Waals surface area contributed by atoms with Crippen molar-refractivity contribution in [3.8, 4) is 0 Å². The molecule has 2 aromatic carbocycles. The third-order valence-electron chi connectivity index (χ3n) is 3.40. The Kier molecular flexibility index (Phi) is 5.45. The molecule has 0 amide bonds. The van der Waals surface area contributed by atoms with E-state index in [2.05, 4.69) is 15.9 Å². The maximum atomic E-state index is 13.4. The van der Waals surface area contributed by atoms with Crippen LogP contribution >= 0.6 is 15.9 Å². The van der Waals surface area contributed by atoms with Gasteiger partial charge in [-0.25, -0.2) is 8.78 Å². The Hall–Kier alpha value is -1.30. The Balaban J connectivity index is 2.22. The van der Waals surface area contributed by atoms with Gasteiger partial charge in [-0.3, -0.25) is 4.90 Å². The van der Waals surface area contributed by atoms with E-state index < -0.39 is 11.6 Å². The third kappa shape index (κ3) is 4.09. The minimum absolute atomic E-state index is 0.248. The lowest BCUT2D eigenvalue weighted by molar-refractivity contribution is 0.240. The summed E-state index contributed by atoms with van der Waals surface area (Å²) >= 11 is 3.50. The molecular weight excluding hydrogens is 338 g/mol. The fourth-order valence-electron chi connectivity index (χ4n) is 2.34. The molecule has 0 aliphatic carbocycles. The van der Waals surface area contributed by atoms with Crippen molar-refractivity contribution in [2.75, 3.05) is 13.6 Å². The zero-order chi connectivity index (χ0) is 15.4. The highest BCUT2D eigenvalue weighted by molar-refractivity contribution is 9.10. The van der Waals surface area contributed by atoms with Gasteiger partial charge in [0.05, 0.1) is 0 Å². The van der Waals surface area contributed by atoms with Crippen LogP contribution in [0.4, 0.5) is 8.78 Å². The minimum atomic E-state index is -0.585. The molecule has 1 unspecified atom stereocenters. The molecule has 5 heteroatoms. The van der Waals surface area contributed by atoms with Gasteiger partial charge < -0.3 is 5.73 Å². The average molecular weight is 355 g/mol. The molecule has 0 bridgehead atoms. The molecule has 0 saturated carbocycles. The number of rotatable bonds is 5. The van der Waals surface area contributed by atoms with E-state index in [4.69, 9.17) is 5.73 Å². The van der Waals surface area contributed by atoms with Crippen LogP contribution in [0.5, 0.6) is 0 Å². The van der Waals surface area contributed by atoms with Crippen molar-refractivity contribution in [2.45, 2.75) is 12.6 Å². The number of benzene rings is 2. The quantitative estimate of drug-likeness (QED) is 0.883. The van der Waals surface area contributed by atoms with Crippen LogP contribution in [0.3, 0.4) is 0 Å². The number of halogens is 3. The van der Waals surface area contributed by atoms with E-state index in [1.54, 1.807) is 0 Å². The van der Waals surface area contributed by atoms with Gasteiger partial charge in [-0.2, -0.15) is 0 Å². The van der Waals surface area contributed by atoms with Crippen LogP contribution in [0.15, 0.2) is 46.9 Å². The number of hydrogen-bond donors (Lipinski definition) is 1. The Morgan fingerprint density at radius 1 is 1.14 bits per heavy atom. The lowest BCUT2D eigenvalue weighted by atomic mass is 10.0. The monoisotopic (exact) mass is 354 g/mol. The Bertz CT molecular complexity index is 599. The SMILES string of the molecule is CN(Cc1ccccc1Br)C(CN)c1cc(F)cc(F)c1. The van der Waals surface area contributed by atoms with Crippen molar-refractivity contribution >= 4 is 15.9 Å². The smallest absolute Gasteiger partial charge is 0.126 e. The van der Waals surface area contributed by atoms with E-state index >= 15 is 0 Å². The largest absolute Gasteiger partial charge is 0.329 e. The summed E-state index contributed by atoms with van der Waals surface area (Å²) < 4.78 is 27.7. The second-order valence-electron chi connectivity index (χ2n) is 4.96. The number of likely N-dealkylation sites (N-methyl/N-ethyl adjacent to an activating group) is 1. The molecule has 21 heavy (non-hydrogen) atoms. The van der Waals surface area contributed by atoms with E-state index in [-0.39, 0.29) is 12.6 Å². The molecule has 0 aliphatic heterocycles. The first-order valence-electron chi connectivity index (χ1n) is 6.61. The van der Waals surface area contributed by atoms with Gasteiger partial charge in [0, 0.05) is 29.7 Å². The van der Waals surface area contributed by atoms with Crippen molar-refractivity contribution in [1.82, 2.24) is 4.90 Å². The predicted octanol–water partition coefficient (Wildman–Crippen LogP) is 3.86. The number of nitrogens with zero attached hydrogens (tertiary/aromatic N) is 1. The Morgan fingerprint density at radius 2 is 1.76 bits per heavy atom. The van der Waals surface area contributed by atoms with Crippen LogP contribution in [0, 0.1) is 11.6 Å². The fraction of sp³-hybridized carbons (Fsp3) is 0.250. The van der Waals surface area contributed by atoms with Crippen molar-refractivity contribution < 1.29 is 8.78 Å². The van der Waals surface area contributed by atoms with Crippen LogP contribution in [0.25, 0.3) is 0 Å². The molecular formula is C16H17BrF2N2. The maximum Gasteiger partial charge on any atom is 0.126 e. The molecule has 0 saturated heterocycles. The number of nitrogens with two attached hydrogens (primary N) is 1. The summed E-state index contributed by atoms with van der Waals surface area (Å²) in [5.41, 5.74) is 7.44. The molecule has 112 valence electrons. The minimum Gasteiger partial charge on any atom is -0.329 e. The highest BCUT2D eigenvalue weighted by Gasteiger charge is 2.18. The molecule has 0 radical (unpaired) electrons. The van der Waals surface area contributed by atoms with Crippen molar-refractivity contribution in [2.24, 2.45) is 5.73 Å². The van der Waals surface area contributed by atoms with Crippen LogP contribution in [-0.2, 0) is 6.54 Å². The van der Waals surface area contributed by atoms with E-state index in [9.17, 15) is 8.78 Å². The molecule has 2 rings (SSSR count). The molecule has 0 spiro atoms. The standard InChI is InChI=1S/C16H17BrF2N2/c1-21(10-11-4-2-3-5-15(11)17)16(9-20)12-6-13(18)8-14(19)7-12/h2-8,16H,9-10,20H2,1H3. The fourth-order valence-corrected chi connectivity index (χ4v) is 2.75. The van der Waals surface area contributed by atoms with Crippen LogP contribution < -0.4 is 5.73 Å². The topological polar surface area (TPSA) is 29.3 Å². The summed E-state index contributed by atoms with van der Waals surface area (Å²) in [6, 6.07) is 11.1. The maximum absolute atomic E-state index is 13.4. The lowest BCUT2D eigenvalue weighted by Crippen LogP contribution is -2.30. The second kappa shape index (κ2) is 7.11. The highest BCUT2D eigenvalue weighted by atomic mass is 79.9. The summed E-state index contributed by atoms with van der Waals surface area (Å²) in [7, 11) is 1.89. The summed E-state index contributed by atoms with van der Waals surface area (Å²) in [6.07, 6.45) is 0. The normalized spacial score (nSPS) is 12.7. The van der Waals surface area contributed by atoms with E-state index in [0.29, 0.717) is 12.1 Å². The van der Waals surface area contributed by atoms with Gasteiger partial charge in [0.25, 0.3) is 0 Å². The molecule has 1 atom stereocenters. The molecule has 2 N–H and O–H groups in total. The van der Waals surface area contributed by atoms with E-state index in [1.807, 2.05) is 36.2 Å². The summed E-state index contributed by atoms with van der Waals surface area (Å²) in [5, 5.41) is 0. The molecule has 0 aliphatic rings. The van der Waals surface area contributed by atoms with Gasteiger partial charge in [0.15, 0.2) is 0 Å². The molecule has 0 heterocycles. The van der Waals surface area contributed by atoms with Crippen LogP contribution in [0.1, 0.15) is 17.2 Å². The summed E-state index contributed by atoms with van der Waals surface area (Å²) in [5.74, 6) is -1.17. The van der Waals surface area contributed by atoms with Crippen molar-refractivity contribution in [3.05, 3.63) is 69.7 Å². The van der Waals surface area contributed by atoms with Gasteiger partial charge in [0.1, 0.15) is 11.6 Å². The van der Waals surface area contributed by atoms with Gasteiger partial charge in [-0.05, 0) is 36.4 Å². The highest BCUT2D eigenvalue weighted by Crippen LogP contribution is 2.24. The third-order valence-corrected chi connectivity index (χ3v) is 4.18. The van der Waals surface area contributed by atoms with Gasteiger partial charge in [-0.1, -0.05) is 34.1 Å². The second-order valence-corrected chi connectivity index (χ2v) is 5.82. The zero-order valence-corrected chi connectivity index (χ0v) is 13.3. The number of hydrogen-bond acceptors (Lipinski definition) is 2. The van der Waals surface area contributed by atoms with Gasteiger partial charge >= 0.3 is 0 Å². The Labute approximate surface area is 131 Å².